The molecule has 8 nitrogen and oxygen atoms in total. The Morgan fingerprint density at radius 3 is 2.65 bits per heavy atom. The number of carbonyl (C=O) groups excluding carboxylic acids is 2. The van der Waals surface area contributed by atoms with Gasteiger partial charge in [-0.25, -0.2) is 0 Å². The van der Waals surface area contributed by atoms with E-state index in [1.807, 2.05) is 19.1 Å². The Hall–Kier alpha value is -2.79. The quantitative estimate of drug-likeness (QED) is 0.355. The highest BCUT2D eigenvalue weighted by atomic mass is 28.4. The minimum Gasteiger partial charge on any atom is -0.497 e. The van der Waals surface area contributed by atoms with Gasteiger partial charge in [-0.2, -0.15) is 0 Å². The predicted molar refractivity (Wildman–Crippen MR) is 141 cm³/mol. The van der Waals surface area contributed by atoms with E-state index in [0.717, 1.165) is 5.56 Å². The maximum absolute atomic E-state index is 15.6. The first kappa shape index (κ1) is 27.2. The Morgan fingerprint density at radius 2 is 2.03 bits per heavy atom. The van der Waals surface area contributed by atoms with Crippen molar-refractivity contribution in [2.24, 2.45) is 5.92 Å². The Bertz CT molecular complexity index is 1190. The first-order chi connectivity index (χ1) is 17.4. The number of carbonyl (C=O) groups is 2. The van der Waals surface area contributed by atoms with Gasteiger partial charge in [-0.15, -0.1) is 0 Å². The van der Waals surface area contributed by atoms with Crippen molar-refractivity contribution in [2.45, 2.75) is 63.3 Å². The van der Waals surface area contributed by atoms with Crippen molar-refractivity contribution in [2.75, 3.05) is 23.9 Å². The number of aliphatic hydroxyl groups is 2. The Labute approximate surface area is 217 Å². The second-order valence-electron chi connectivity index (χ2n) is 10.4. The highest BCUT2D eigenvalue weighted by Gasteiger charge is 2.66. The molecule has 1 saturated heterocycles. The van der Waals surface area contributed by atoms with Crippen LogP contribution in [0.1, 0.15) is 31.4 Å². The molecule has 1 spiro atoms. The molecule has 0 radical (unpaired) electrons. The van der Waals surface area contributed by atoms with E-state index in [-0.39, 0.29) is 25.5 Å². The molecule has 2 amide bonds. The van der Waals surface area contributed by atoms with Crippen LogP contribution < -0.4 is 15.0 Å². The normalized spacial score (nSPS) is 25.9. The fraction of sp³-hybridized carbons (Fsp3) is 0.481. The van der Waals surface area contributed by atoms with Gasteiger partial charge in [0.1, 0.15) is 11.9 Å². The van der Waals surface area contributed by atoms with E-state index in [4.69, 9.17) is 9.47 Å². The zero-order chi connectivity index (χ0) is 27.1. The summed E-state index contributed by atoms with van der Waals surface area (Å²) in [4.78, 5) is 27.8. The molecular formula is C27H35FN2O6Si. The summed E-state index contributed by atoms with van der Waals surface area (Å²) in [5.74, 6) is -0.718. The lowest BCUT2D eigenvalue weighted by Gasteiger charge is -2.31. The number of halogens is 1. The van der Waals surface area contributed by atoms with E-state index in [1.165, 1.54) is 6.92 Å². The minimum atomic E-state index is -3.28. The number of nitrogens with one attached hydrogen (secondary N) is 1. The zero-order valence-corrected chi connectivity index (χ0v) is 22.8. The lowest BCUT2D eigenvalue weighted by atomic mass is 9.82. The number of methoxy groups -OCH3 is 1. The molecule has 10 heteroatoms. The third-order valence-corrected chi connectivity index (χ3v) is 9.95. The molecule has 5 atom stereocenters. The summed E-state index contributed by atoms with van der Waals surface area (Å²) in [7, 11) is -1.74. The third-order valence-electron chi connectivity index (χ3n) is 7.50. The lowest BCUT2D eigenvalue weighted by molar-refractivity contribution is -0.146. The first-order valence-corrected chi connectivity index (χ1v) is 15.5. The second-order valence-corrected chi connectivity index (χ2v) is 14.2. The molecule has 2 aliphatic heterocycles. The van der Waals surface area contributed by atoms with Crippen LogP contribution in [0.25, 0.3) is 0 Å². The Morgan fingerprint density at radius 1 is 1.30 bits per heavy atom. The first-order valence-electron chi connectivity index (χ1n) is 12.5. The number of benzene rings is 2. The summed E-state index contributed by atoms with van der Waals surface area (Å²) in [6.07, 6.45) is -1.50. The average molecular weight is 531 g/mol. The van der Waals surface area contributed by atoms with E-state index in [1.54, 1.807) is 55.4 Å². The number of hydrogen-bond donors (Lipinski definition) is 3. The van der Waals surface area contributed by atoms with Gasteiger partial charge in [-0.05, 0) is 62.3 Å². The van der Waals surface area contributed by atoms with Crippen molar-refractivity contribution in [1.29, 1.82) is 0 Å². The van der Waals surface area contributed by atoms with E-state index >= 15 is 4.11 Å². The Kier molecular flexibility index (Phi) is 7.49. The number of rotatable bonds is 8. The molecule has 0 saturated carbocycles. The molecule has 2 aliphatic rings. The minimum absolute atomic E-state index is 0.164. The van der Waals surface area contributed by atoms with E-state index in [0.29, 0.717) is 22.7 Å². The molecule has 3 N–H and O–H groups in total. The van der Waals surface area contributed by atoms with E-state index in [2.05, 4.69) is 5.32 Å². The number of amides is 2. The molecule has 0 bridgehead atoms. The standard InChI is InChI=1S/C27H35FN2O6Si/c1-16-24(37(4,5)28)23(11-12-31)36-27(16)21-14-20(35-3)9-10-22(21)30(26(27)34)15-18-7-6-8-19(13-18)29-25(33)17(2)32/h6-10,13-14,16-17,23-24,31-32H,11-12,15H2,1-5H3,(H,29,33)/t16-,17+,23+,24-,27+/m1/s1. The van der Waals surface area contributed by atoms with Gasteiger partial charge in [-0.3, -0.25) is 9.59 Å². The predicted octanol–water partition coefficient (Wildman–Crippen LogP) is 3.72. The number of ether oxygens (including phenoxy) is 2. The molecule has 1 fully saturated rings. The van der Waals surface area contributed by atoms with Crippen molar-refractivity contribution in [3.8, 4) is 5.75 Å². The fourth-order valence-corrected chi connectivity index (χ4v) is 8.43. The zero-order valence-electron chi connectivity index (χ0n) is 21.8. The third kappa shape index (κ3) is 4.79. The van der Waals surface area contributed by atoms with Crippen LogP contribution >= 0.6 is 0 Å². The molecule has 0 unspecified atom stereocenters. The monoisotopic (exact) mass is 530 g/mol. The van der Waals surface area contributed by atoms with Crippen LogP contribution in [0, 0.1) is 5.92 Å². The number of nitrogens with zero attached hydrogens (tertiary/aromatic N) is 1. The summed E-state index contributed by atoms with van der Waals surface area (Å²) in [5, 5.41) is 21.9. The molecule has 2 aromatic carbocycles. The van der Waals surface area contributed by atoms with Gasteiger partial charge in [0, 0.05) is 29.3 Å². The van der Waals surface area contributed by atoms with Crippen LogP contribution in [0.15, 0.2) is 42.5 Å². The van der Waals surface area contributed by atoms with Crippen LogP contribution in [0.5, 0.6) is 5.75 Å². The SMILES string of the molecule is COc1ccc2c(c1)[C@]1(O[C@@H](CCO)[C@H]([Si](C)(C)F)[C@H]1C)C(=O)N2Cc1cccc(NC(=O)[C@H](C)O)c1. The van der Waals surface area contributed by atoms with Crippen LogP contribution in [0.3, 0.4) is 0 Å². The average Bonchev–Trinajstić information content (AvgIpc) is 3.26. The molecule has 2 aromatic rings. The van der Waals surface area contributed by atoms with Gasteiger partial charge in [0.15, 0.2) is 5.60 Å². The van der Waals surface area contributed by atoms with Gasteiger partial charge in [0.25, 0.3) is 11.8 Å². The molecule has 0 aliphatic carbocycles. The van der Waals surface area contributed by atoms with Crippen LogP contribution in [0.4, 0.5) is 15.5 Å². The van der Waals surface area contributed by atoms with Gasteiger partial charge in [0.2, 0.25) is 8.41 Å². The van der Waals surface area contributed by atoms with Crippen LogP contribution in [0.2, 0.25) is 18.6 Å². The summed E-state index contributed by atoms with van der Waals surface area (Å²) < 4.78 is 27.6. The summed E-state index contributed by atoms with van der Waals surface area (Å²) in [5.41, 5.74) is 0.650. The number of anilines is 2. The maximum Gasteiger partial charge on any atom is 0.264 e. The van der Waals surface area contributed by atoms with Crippen LogP contribution in [-0.2, 0) is 26.5 Å². The summed E-state index contributed by atoms with van der Waals surface area (Å²) in [6, 6.07) is 12.4. The van der Waals surface area contributed by atoms with Crippen molar-refractivity contribution in [3.05, 3.63) is 53.6 Å². The topological polar surface area (TPSA) is 108 Å². The van der Waals surface area contributed by atoms with E-state index in [9.17, 15) is 19.8 Å². The van der Waals surface area contributed by atoms with Gasteiger partial charge >= 0.3 is 0 Å². The van der Waals surface area contributed by atoms with Gasteiger partial charge < -0.3 is 34.0 Å². The molecule has 4 rings (SSSR count). The molecule has 0 aromatic heterocycles. The van der Waals surface area contributed by atoms with Gasteiger partial charge in [0.05, 0.1) is 25.4 Å². The van der Waals surface area contributed by atoms with Crippen molar-refractivity contribution >= 4 is 31.6 Å². The maximum atomic E-state index is 15.6. The highest BCUT2D eigenvalue weighted by molar-refractivity contribution is 6.72. The number of hydrogen-bond acceptors (Lipinski definition) is 6. The highest BCUT2D eigenvalue weighted by Crippen LogP contribution is 2.60. The molecule has 200 valence electrons. The molecule has 2 heterocycles. The smallest absolute Gasteiger partial charge is 0.264 e. The lowest BCUT2D eigenvalue weighted by Crippen LogP contribution is -2.45. The van der Waals surface area contributed by atoms with Crippen LogP contribution in [-0.4, -0.2) is 56.4 Å². The van der Waals surface area contributed by atoms with Gasteiger partial charge in [-0.1, -0.05) is 19.1 Å². The number of aliphatic hydroxyl groups excluding tert-OH is 2. The van der Waals surface area contributed by atoms with Crippen molar-refractivity contribution in [1.82, 2.24) is 0 Å². The summed E-state index contributed by atoms with van der Waals surface area (Å²) >= 11 is 0. The largest absolute Gasteiger partial charge is 0.497 e. The number of fused-ring (bicyclic) bond motifs is 2. The molecular weight excluding hydrogens is 495 g/mol. The summed E-state index contributed by atoms with van der Waals surface area (Å²) in [6.45, 7) is 6.53. The van der Waals surface area contributed by atoms with Crippen molar-refractivity contribution < 1.29 is 33.4 Å². The Balaban J connectivity index is 1.76. The van der Waals surface area contributed by atoms with Crippen molar-refractivity contribution in [3.63, 3.8) is 0 Å². The molecule has 37 heavy (non-hydrogen) atoms. The fourth-order valence-electron chi connectivity index (χ4n) is 5.88. The van der Waals surface area contributed by atoms with E-state index < -0.39 is 43.6 Å². The second kappa shape index (κ2) is 10.2.